The van der Waals surface area contributed by atoms with Crippen LogP contribution in [0.1, 0.15) is 33.6 Å². The molecule has 2 atom stereocenters. The number of aliphatic hydroxyl groups is 1. The normalized spacial score (nSPS) is 16.9. The van der Waals surface area contributed by atoms with Crippen LogP contribution in [0.4, 0.5) is 0 Å². The first-order valence-electron chi connectivity index (χ1n) is 4.28. The van der Waals surface area contributed by atoms with Crippen molar-refractivity contribution in [3.8, 4) is 0 Å². The van der Waals surface area contributed by atoms with Crippen molar-refractivity contribution in [2.45, 2.75) is 45.8 Å². The Morgan fingerprint density at radius 2 is 1.73 bits per heavy atom. The minimum absolute atomic E-state index is 0.174. The maximum absolute atomic E-state index is 9.42. The highest BCUT2D eigenvalue weighted by atomic mass is 16.5. The summed E-state index contributed by atoms with van der Waals surface area (Å²) in [5, 5.41) is 9.42. The van der Waals surface area contributed by atoms with Gasteiger partial charge in [0.05, 0.1) is 12.2 Å². The Kier molecular flexibility index (Phi) is 5.51. The van der Waals surface area contributed by atoms with E-state index in [1.807, 2.05) is 20.8 Å². The number of hydrogen-bond donors (Lipinski definition) is 1. The Morgan fingerprint density at radius 3 is 2.09 bits per heavy atom. The van der Waals surface area contributed by atoms with Gasteiger partial charge in [-0.3, -0.25) is 0 Å². The van der Waals surface area contributed by atoms with Crippen molar-refractivity contribution in [1.82, 2.24) is 0 Å². The molecule has 1 N–H and O–H groups in total. The monoisotopic (exact) mass is 160 g/mol. The van der Waals surface area contributed by atoms with Crippen molar-refractivity contribution < 1.29 is 9.84 Å². The largest absolute Gasteiger partial charge is 0.393 e. The van der Waals surface area contributed by atoms with Crippen molar-refractivity contribution in [3.63, 3.8) is 0 Å². The third kappa shape index (κ3) is 5.22. The van der Waals surface area contributed by atoms with Crippen molar-refractivity contribution in [2.24, 2.45) is 5.92 Å². The zero-order valence-electron chi connectivity index (χ0n) is 8.00. The lowest BCUT2D eigenvalue weighted by Gasteiger charge is -2.16. The second kappa shape index (κ2) is 5.56. The highest BCUT2D eigenvalue weighted by Gasteiger charge is 2.10. The van der Waals surface area contributed by atoms with Gasteiger partial charge < -0.3 is 9.84 Å². The molecule has 2 nitrogen and oxygen atoms in total. The first-order chi connectivity index (χ1) is 5.07. The van der Waals surface area contributed by atoms with Crippen LogP contribution in [-0.2, 0) is 4.74 Å². The number of methoxy groups -OCH3 is 1. The van der Waals surface area contributed by atoms with E-state index in [1.165, 1.54) is 0 Å². The molecule has 0 amide bonds. The van der Waals surface area contributed by atoms with Gasteiger partial charge in [-0.25, -0.2) is 0 Å². The third-order valence-electron chi connectivity index (χ3n) is 2.04. The number of hydrogen-bond acceptors (Lipinski definition) is 2. The maximum Gasteiger partial charge on any atom is 0.0564 e. The van der Waals surface area contributed by atoms with Crippen LogP contribution in [0.25, 0.3) is 0 Å². The first kappa shape index (κ1) is 10.9. The molecule has 0 aliphatic rings. The lowest BCUT2D eigenvalue weighted by molar-refractivity contribution is 0.0686. The molecule has 11 heavy (non-hydrogen) atoms. The molecule has 0 aliphatic carbocycles. The second-order valence-corrected chi connectivity index (χ2v) is 3.44. The van der Waals surface area contributed by atoms with E-state index < -0.39 is 0 Å². The molecular weight excluding hydrogens is 140 g/mol. The molecule has 0 rings (SSSR count). The molecule has 0 aromatic carbocycles. The topological polar surface area (TPSA) is 29.5 Å². The van der Waals surface area contributed by atoms with Crippen LogP contribution in [0.3, 0.4) is 0 Å². The predicted octanol–water partition coefficient (Wildman–Crippen LogP) is 1.82. The average Bonchev–Trinajstić information content (AvgIpc) is 1.99. The molecule has 0 spiro atoms. The quantitative estimate of drug-likeness (QED) is 0.664. The van der Waals surface area contributed by atoms with E-state index in [0.29, 0.717) is 5.92 Å². The van der Waals surface area contributed by atoms with E-state index in [2.05, 4.69) is 0 Å². The summed E-state index contributed by atoms with van der Waals surface area (Å²) in [7, 11) is 1.70. The van der Waals surface area contributed by atoms with Gasteiger partial charge in [0.25, 0.3) is 0 Å². The smallest absolute Gasteiger partial charge is 0.0564 e. The van der Waals surface area contributed by atoms with Crippen LogP contribution >= 0.6 is 0 Å². The molecule has 0 aliphatic heterocycles. The van der Waals surface area contributed by atoms with Crippen molar-refractivity contribution in [1.29, 1.82) is 0 Å². The fourth-order valence-electron chi connectivity index (χ4n) is 0.857. The third-order valence-corrected chi connectivity index (χ3v) is 2.04. The minimum Gasteiger partial charge on any atom is -0.393 e. The SMILES string of the molecule is COC(C)CCC(O)C(C)C. The molecule has 2 heteroatoms. The Labute approximate surface area is 69.6 Å². The van der Waals surface area contributed by atoms with Crippen LogP contribution in [0.15, 0.2) is 0 Å². The molecule has 0 saturated carbocycles. The fraction of sp³-hybridized carbons (Fsp3) is 1.00. The van der Waals surface area contributed by atoms with Crippen molar-refractivity contribution >= 4 is 0 Å². The highest BCUT2D eigenvalue weighted by molar-refractivity contribution is 4.61. The van der Waals surface area contributed by atoms with Crippen LogP contribution < -0.4 is 0 Å². The van der Waals surface area contributed by atoms with Crippen LogP contribution in [0.2, 0.25) is 0 Å². The van der Waals surface area contributed by atoms with Gasteiger partial charge in [0.1, 0.15) is 0 Å². The van der Waals surface area contributed by atoms with Gasteiger partial charge in [-0.05, 0) is 25.7 Å². The lowest BCUT2D eigenvalue weighted by atomic mass is 10.0. The Balaban J connectivity index is 3.37. The van der Waals surface area contributed by atoms with E-state index in [0.717, 1.165) is 12.8 Å². The lowest BCUT2D eigenvalue weighted by Crippen LogP contribution is -2.17. The Hall–Kier alpha value is -0.0800. The molecule has 0 fully saturated rings. The van der Waals surface area contributed by atoms with Crippen LogP contribution in [0, 0.1) is 5.92 Å². The molecule has 0 bridgehead atoms. The van der Waals surface area contributed by atoms with Gasteiger partial charge in [0.2, 0.25) is 0 Å². The summed E-state index contributed by atoms with van der Waals surface area (Å²) >= 11 is 0. The van der Waals surface area contributed by atoms with Gasteiger partial charge in [0, 0.05) is 7.11 Å². The van der Waals surface area contributed by atoms with Gasteiger partial charge in [-0.2, -0.15) is 0 Å². The number of rotatable bonds is 5. The van der Waals surface area contributed by atoms with Gasteiger partial charge in [-0.1, -0.05) is 13.8 Å². The van der Waals surface area contributed by atoms with E-state index in [9.17, 15) is 5.11 Å². The van der Waals surface area contributed by atoms with Gasteiger partial charge in [0.15, 0.2) is 0 Å². The summed E-state index contributed by atoms with van der Waals surface area (Å²) in [6.45, 7) is 6.08. The van der Waals surface area contributed by atoms with Crippen LogP contribution in [0.5, 0.6) is 0 Å². The van der Waals surface area contributed by atoms with E-state index >= 15 is 0 Å². The van der Waals surface area contributed by atoms with Crippen molar-refractivity contribution in [3.05, 3.63) is 0 Å². The van der Waals surface area contributed by atoms with Gasteiger partial charge in [-0.15, -0.1) is 0 Å². The zero-order chi connectivity index (χ0) is 8.85. The molecule has 0 aromatic rings. The van der Waals surface area contributed by atoms with Crippen molar-refractivity contribution in [2.75, 3.05) is 7.11 Å². The van der Waals surface area contributed by atoms with E-state index in [4.69, 9.17) is 4.74 Å². The molecule has 2 unspecified atom stereocenters. The Bertz CT molecular complexity index is 91.6. The molecule has 0 radical (unpaired) electrons. The standard InChI is InChI=1S/C9H20O2/c1-7(2)9(10)6-5-8(3)11-4/h7-10H,5-6H2,1-4H3. The molecular formula is C9H20O2. The summed E-state index contributed by atoms with van der Waals surface area (Å²) in [6, 6.07) is 0. The van der Waals surface area contributed by atoms with Crippen LogP contribution in [-0.4, -0.2) is 24.4 Å². The molecule has 0 aromatic heterocycles. The number of ether oxygens (including phenoxy) is 1. The molecule has 0 saturated heterocycles. The zero-order valence-corrected chi connectivity index (χ0v) is 8.00. The average molecular weight is 160 g/mol. The highest BCUT2D eigenvalue weighted by Crippen LogP contribution is 2.10. The fourth-order valence-corrected chi connectivity index (χ4v) is 0.857. The summed E-state index contributed by atoms with van der Waals surface area (Å²) in [5.41, 5.74) is 0. The summed E-state index contributed by atoms with van der Waals surface area (Å²) in [5.74, 6) is 0.360. The maximum atomic E-state index is 9.42. The first-order valence-corrected chi connectivity index (χ1v) is 4.28. The number of aliphatic hydroxyl groups excluding tert-OH is 1. The predicted molar refractivity (Wildman–Crippen MR) is 46.5 cm³/mol. The van der Waals surface area contributed by atoms with Gasteiger partial charge >= 0.3 is 0 Å². The Morgan fingerprint density at radius 1 is 1.18 bits per heavy atom. The van der Waals surface area contributed by atoms with E-state index in [1.54, 1.807) is 7.11 Å². The summed E-state index contributed by atoms with van der Waals surface area (Å²) < 4.78 is 5.07. The summed E-state index contributed by atoms with van der Waals surface area (Å²) in [4.78, 5) is 0. The second-order valence-electron chi connectivity index (χ2n) is 3.44. The molecule has 68 valence electrons. The summed E-state index contributed by atoms with van der Waals surface area (Å²) in [6.07, 6.45) is 1.87. The molecule has 0 heterocycles. The minimum atomic E-state index is -0.174. The van der Waals surface area contributed by atoms with E-state index in [-0.39, 0.29) is 12.2 Å².